The Morgan fingerprint density at radius 3 is 2.00 bits per heavy atom. The lowest BCUT2D eigenvalue weighted by Gasteiger charge is -2.05. The van der Waals surface area contributed by atoms with Gasteiger partial charge in [-0.2, -0.15) is 0 Å². The lowest BCUT2D eigenvalue weighted by Crippen LogP contribution is -2.01. The first-order chi connectivity index (χ1) is 13.3. The van der Waals surface area contributed by atoms with Crippen LogP contribution in [0.1, 0.15) is 113 Å². The van der Waals surface area contributed by atoms with Crippen LogP contribution < -0.4 is 0 Å². The number of hydrogen-bond acceptors (Lipinski definition) is 1. The molecule has 0 aliphatic rings. The Balaban J connectivity index is 1.95. The topological polar surface area (TPSA) is 17.1 Å². The molecule has 0 atom stereocenters. The minimum Gasteiger partial charge on any atom is -0.294 e. The number of hydrogen-bond donors (Lipinski definition) is 0. The van der Waals surface area contributed by atoms with Crippen molar-refractivity contribution in [3.8, 4) is 0 Å². The van der Waals surface area contributed by atoms with Crippen molar-refractivity contribution < 1.29 is 4.79 Å². The molecule has 1 rings (SSSR count). The van der Waals surface area contributed by atoms with Gasteiger partial charge in [0, 0.05) is 12.0 Å². The number of benzene rings is 1. The molecule has 0 radical (unpaired) electrons. The van der Waals surface area contributed by atoms with Crippen molar-refractivity contribution in [1.82, 2.24) is 0 Å². The predicted octanol–water partition coefficient (Wildman–Crippen LogP) is 8.55. The lowest BCUT2D eigenvalue weighted by atomic mass is 9.99. The summed E-state index contributed by atoms with van der Waals surface area (Å²) in [7, 11) is 0. The monoisotopic (exact) mass is 368 g/mol. The van der Waals surface area contributed by atoms with Gasteiger partial charge in [0.2, 0.25) is 0 Å². The van der Waals surface area contributed by atoms with Crippen LogP contribution in [0.5, 0.6) is 0 Å². The van der Waals surface area contributed by atoms with Gasteiger partial charge in [-0.1, -0.05) is 107 Å². The molecule has 0 N–H and O–H groups in total. The van der Waals surface area contributed by atoms with Gasteiger partial charge in [0.15, 0.2) is 5.78 Å². The molecule has 0 heterocycles. The zero-order valence-electron chi connectivity index (χ0n) is 17.6. The molecule has 27 heavy (non-hydrogen) atoms. The standard InChI is InChI=1S/C26H40O/c1-3-5-6-7-8-9-10-11-12-13-14-15-16-17-18-23-26(27)25-22-20-19-21-24(25)4-2/h4,11-12,19-22H,2-3,5-10,13-18,23H2,1H3. The summed E-state index contributed by atoms with van der Waals surface area (Å²) in [4.78, 5) is 12.3. The zero-order valence-corrected chi connectivity index (χ0v) is 17.6. The minimum atomic E-state index is 0.253. The van der Waals surface area contributed by atoms with E-state index in [0.717, 1.165) is 24.0 Å². The molecule has 0 fully saturated rings. The summed E-state index contributed by atoms with van der Waals surface area (Å²) < 4.78 is 0. The molecule has 1 aromatic rings. The number of carbonyl (C=O) groups excluding carboxylic acids is 1. The number of ketones is 1. The van der Waals surface area contributed by atoms with Crippen LogP contribution in [0.3, 0.4) is 0 Å². The molecule has 1 nitrogen and oxygen atoms in total. The maximum atomic E-state index is 12.3. The van der Waals surface area contributed by atoms with Crippen molar-refractivity contribution in [2.75, 3.05) is 0 Å². The number of rotatable bonds is 17. The number of unbranched alkanes of at least 4 members (excludes halogenated alkanes) is 11. The van der Waals surface area contributed by atoms with Crippen molar-refractivity contribution in [1.29, 1.82) is 0 Å². The Morgan fingerprint density at radius 1 is 0.815 bits per heavy atom. The number of carbonyl (C=O) groups is 1. The first-order valence-corrected chi connectivity index (χ1v) is 11.2. The summed E-state index contributed by atoms with van der Waals surface area (Å²) in [6.45, 7) is 6.06. The summed E-state index contributed by atoms with van der Waals surface area (Å²) in [5.41, 5.74) is 1.78. The maximum Gasteiger partial charge on any atom is 0.163 e. The fourth-order valence-corrected chi connectivity index (χ4v) is 3.42. The van der Waals surface area contributed by atoms with Gasteiger partial charge >= 0.3 is 0 Å². The van der Waals surface area contributed by atoms with E-state index in [1.54, 1.807) is 6.08 Å². The molecule has 150 valence electrons. The van der Waals surface area contributed by atoms with Crippen molar-refractivity contribution in [2.45, 2.75) is 96.8 Å². The average molecular weight is 369 g/mol. The number of Topliss-reactive ketones (excluding diaryl/α,β-unsaturated/α-hetero) is 1. The van der Waals surface area contributed by atoms with Crippen molar-refractivity contribution in [3.05, 3.63) is 54.1 Å². The van der Waals surface area contributed by atoms with Crippen LogP contribution >= 0.6 is 0 Å². The van der Waals surface area contributed by atoms with Crippen LogP contribution in [0.2, 0.25) is 0 Å². The smallest absolute Gasteiger partial charge is 0.163 e. The first kappa shape index (κ1) is 23.4. The average Bonchev–Trinajstić information content (AvgIpc) is 2.70. The van der Waals surface area contributed by atoms with E-state index in [-0.39, 0.29) is 5.78 Å². The fourth-order valence-electron chi connectivity index (χ4n) is 3.42. The summed E-state index contributed by atoms with van der Waals surface area (Å²) in [5, 5.41) is 0. The van der Waals surface area contributed by atoms with Gasteiger partial charge in [-0.25, -0.2) is 0 Å². The molecule has 0 saturated carbocycles. The summed E-state index contributed by atoms with van der Waals surface area (Å²) in [6, 6.07) is 7.76. The molecule has 0 aliphatic carbocycles. The molecular formula is C26H40O. The van der Waals surface area contributed by atoms with E-state index < -0.39 is 0 Å². The maximum absolute atomic E-state index is 12.3. The Kier molecular flexibility index (Phi) is 14.3. The second-order valence-electron chi connectivity index (χ2n) is 7.55. The zero-order chi connectivity index (χ0) is 19.6. The van der Waals surface area contributed by atoms with Gasteiger partial charge in [-0.15, -0.1) is 0 Å². The summed E-state index contributed by atoms with van der Waals surface area (Å²) in [6.07, 6.45) is 23.9. The highest BCUT2D eigenvalue weighted by atomic mass is 16.1. The highest BCUT2D eigenvalue weighted by molar-refractivity contribution is 5.99. The van der Waals surface area contributed by atoms with Crippen LogP contribution in [0, 0.1) is 0 Å². The summed E-state index contributed by atoms with van der Waals surface area (Å²) in [5.74, 6) is 0.253. The van der Waals surface area contributed by atoms with Gasteiger partial charge in [-0.05, 0) is 37.7 Å². The van der Waals surface area contributed by atoms with E-state index in [1.807, 2.05) is 24.3 Å². The molecule has 0 aromatic heterocycles. The van der Waals surface area contributed by atoms with Crippen LogP contribution in [0.25, 0.3) is 6.08 Å². The van der Waals surface area contributed by atoms with Crippen molar-refractivity contribution in [3.63, 3.8) is 0 Å². The molecule has 0 unspecified atom stereocenters. The van der Waals surface area contributed by atoms with E-state index in [4.69, 9.17) is 0 Å². The largest absolute Gasteiger partial charge is 0.294 e. The molecule has 0 amide bonds. The predicted molar refractivity (Wildman–Crippen MR) is 120 cm³/mol. The highest BCUT2D eigenvalue weighted by Gasteiger charge is 2.08. The van der Waals surface area contributed by atoms with Gasteiger partial charge in [0.05, 0.1) is 0 Å². The second kappa shape index (κ2) is 16.5. The van der Waals surface area contributed by atoms with Crippen LogP contribution in [-0.4, -0.2) is 5.78 Å². The molecule has 1 aromatic carbocycles. The van der Waals surface area contributed by atoms with Crippen molar-refractivity contribution in [2.24, 2.45) is 0 Å². The van der Waals surface area contributed by atoms with Gasteiger partial charge in [0.1, 0.15) is 0 Å². The first-order valence-electron chi connectivity index (χ1n) is 11.2. The third-order valence-corrected chi connectivity index (χ3v) is 5.15. The molecule has 0 spiro atoms. The minimum absolute atomic E-state index is 0.253. The molecule has 0 aliphatic heterocycles. The van der Waals surface area contributed by atoms with E-state index in [0.29, 0.717) is 6.42 Å². The summed E-state index contributed by atoms with van der Waals surface area (Å²) >= 11 is 0. The molecular weight excluding hydrogens is 328 g/mol. The number of allylic oxidation sites excluding steroid dienone is 2. The third kappa shape index (κ3) is 11.6. The normalized spacial score (nSPS) is 11.1. The highest BCUT2D eigenvalue weighted by Crippen LogP contribution is 2.15. The van der Waals surface area contributed by atoms with Crippen LogP contribution in [-0.2, 0) is 0 Å². The Bertz CT molecular complexity index is 541. The molecule has 0 bridgehead atoms. The Labute approximate surface area is 168 Å². The van der Waals surface area contributed by atoms with Crippen LogP contribution in [0.15, 0.2) is 43.0 Å². The van der Waals surface area contributed by atoms with Gasteiger partial charge < -0.3 is 0 Å². The Hall–Kier alpha value is -1.63. The molecule has 0 saturated heterocycles. The van der Waals surface area contributed by atoms with Gasteiger partial charge in [-0.3, -0.25) is 4.79 Å². The molecule has 1 heteroatoms. The fraction of sp³-hybridized carbons (Fsp3) is 0.577. The van der Waals surface area contributed by atoms with Crippen LogP contribution in [0.4, 0.5) is 0 Å². The van der Waals surface area contributed by atoms with E-state index >= 15 is 0 Å². The SMILES string of the molecule is C=Cc1ccccc1C(=O)CCCCCCCC=CCCCCCCCC. The lowest BCUT2D eigenvalue weighted by molar-refractivity contribution is 0.0979. The quantitative estimate of drug-likeness (QED) is 0.153. The second-order valence-corrected chi connectivity index (χ2v) is 7.55. The van der Waals surface area contributed by atoms with E-state index in [1.165, 1.54) is 70.6 Å². The third-order valence-electron chi connectivity index (χ3n) is 5.15. The van der Waals surface area contributed by atoms with Gasteiger partial charge in [0.25, 0.3) is 0 Å². The Morgan fingerprint density at radius 2 is 1.37 bits per heavy atom. The van der Waals surface area contributed by atoms with E-state index in [9.17, 15) is 4.79 Å². The van der Waals surface area contributed by atoms with Crippen molar-refractivity contribution >= 4 is 11.9 Å². The van der Waals surface area contributed by atoms with E-state index in [2.05, 4.69) is 25.7 Å².